The number of halogens is 2. The highest BCUT2D eigenvalue weighted by Gasteiger charge is 2.10. The van der Waals surface area contributed by atoms with Crippen molar-refractivity contribution in [2.75, 3.05) is 19.0 Å². The fourth-order valence-corrected chi connectivity index (χ4v) is 2.04. The van der Waals surface area contributed by atoms with E-state index < -0.39 is 23.4 Å². The van der Waals surface area contributed by atoms with Gasteiger partial charge in [0.2, 0.25) is 11.8 Å². The van der Waals surface area contributed by atoms with Crippen molar-refractivity contribution in [2.45, 2.75) is 6.42 Å². The number of carbonyl (C=O) groups is 2. The highest BCUT2D eigenvalue weighted by Crippen LogP contribution is 2.24. The fourth-order valence-electron chi connectivity index (χ4n) is 2.04. The third kappa shape index (κ3) is 5.05. The lowest BCUT2D eigenvalue weighted by Crippen LogP contribution is -2.33. The molecule has 24 heavy (non-hydrogen) atoms. The maximum Gasteiger partial charge on any atom is 0.243 e. The van der Waals surface area contributed by atoms with Crippen LogP contribution in [0.1, 0.15) is 5.56 Å². The zero-order chi connectivity index (χ0) is 17.5. The topological polar surface area (TPSA) is 67.4 Å². The number of carbonyl (C=O) groups excluding carboxylic acids is 2. The second-order valence-electron chi connectivity index (χ2n) is 4.98. The van der Waals surface area contributed by atoms with Gasteiger partial charge in [0.05, 0.1) is 25.8 Å². The molecule has 0 saturated heterocycles. The maximum absolute atomic E-state index is 13.1. The van der Waals surface area contributed by atoms with Gasteiger partial charge in [0.25, 0.3) is 0 Å². The molecule has 0 spiro atoms. The minimum Gasteiger partial charge on any atom is -0.494 e. The number of amides is 2. The Morgan fingerprint density at radius 1 is 1.04 bits per heavy atom. The van der Waals surface area contributed by atoms with E-state index >= 15 is 0 Å². The number of benzene rings is 2. The molecular weight excluding hydrogens is 318 g/mol. The number of rotatable bonds is 6. The first kappa shape index (κ1) is 17.4. The van der Waals surface area contributed by atoms with E-state index in [0.29, 0.717) is 11.3 Å². The smallest absolute Gasteiger partial charge is 0.243 e. The van der Waals surface area contributed by atoms with Gasteiger partial charge < -0.3 is 15.4 Å². The van der Waals surface area contributed by atoms with E-state index in [1.807, 2.05) is 0 Å². The SMILES string of the molecule is COc1cc(F)ccc1NC(=O)CNC(=O)Cc1cccc(F)c1. The van der Waals surface area contributed by atoms with Crippen molar-refractivity contribution in [3.05, 3.63) is 59.7 Å². The first-order valence-corrected chi connectivity index (χ1v) is 7.12. The highest BCUT2D eigenvalue weighted by atomic mass is 19.1. The molecule has 0 aromatic heterocycles. The van der Waals surface area contributed by atoms with E-state index in [-0.39, 0.29) is 18.7 Å². The maximum atomic E-state index is 13.1. The zero-order valence-electron chi connectivity index (χ0n) is 12.9. The number of hydrogen-bond donors (Lipinski definition) is 2. The lowest BCUT2D eigenvalue weighted by Gasteiger charge is -2.10. The van der Waals surface area contributed by atoms with Gasteiger partial charge in [-0.3, -0.25) is 9.59 Å². The molecule has 0 radical (unpaired) electrons. The summed E-state index contributed by atoms with van der Waals surface area (Å²) < 4.78 is 31.1. The standard InChI is InChI=1S/C17H16F2N2O3/c1-24-15-9-13(19)5-6-14(15)21-17(23)10-20-16(22)8-11-3-2-4-12(18)7-11/h2-7,9H,8,10H2,1H3,(H,20,22)(H,21,23). The van der Waals surface area contributed by atoms with Crippen molar-refractivity contribution >= 4 is 17.5 Å². The summed E-state index contributed by atoms with van der Waals surface area (Å²) in [5, 5.41) is 4.94. The average Bonchev–Trinajstić information content (AvgIpc) is 2.54. The van der Waals surface area contributed by atoms with Gasteiger partial charge >= 0.3 is 0 Å². The third-order valence-electron chi connectivity index (χ3n) is 3.14. The predicted molar refractivity (Wildman–Crippen MR) is 84.7 cm³/mol. The van der Waals surface area contributed by atoms with Crippen molar-refractivity contribution in [3.8, 4) is 5.75 Å². The molecule has 2 aromatic carbocycles. The summed E-state index contributed by atoms with van der Waals surface area (Å²) in [4.78, 5) is 23.6. The second kappa shape index (κ2) is 8.05. The van der Waals surface area contributed by atoms with E-state index in [1.165, 1.54) is 37.4 Å². The minimum absolute atomic E-state index is 0.0368. The lowest BCUT2D eigenvalue weighted by atomic mass is 10.1. The van der Waals surface area contributed by atoms with Gasteiger partial charge in [0.15, 0.2) is 0 Å². The molecule has 5 nitrogen and oxygen atoms in total. The minimum atomic E-state index is -0.493. The van der Waals surface area contributed by atoms with Gasteiger partial charge in [-0.25, -0.2) is 8.78 Å². The van der Waals surface area contributed by atoms with Crippen LogP contribution in [0.4, 0.5) is 14.5 Å². The molecule has 2 aromatic rings. The van der Waals surface area contributed by atoms with Crippen LogP contribution in [0.3, 0.4) is 0 Å². The van der Waals surface area contributed by atoms with Crippen LogP contribution in [0.2, 0.25) is 0 Å². The van der Waals surface area contributed by atoms with Crippen LogP contribution in [0.15, 0.2) is 42.5 Å². The summed E-state index contributed by atoms with van der Waals surface area (Å²) in [5.41, 5.74) is 0.802. The third-order valence-corrected chi connectivity index (χ3v) is 3.14. The van der Waals surface area contributed by atoms with Gasteiger partial charge in [-0.15, -0.1) is 0 Å². The van der Waals surface area contributed by atoms with Crippen molar-refractivity contribution < 1.29 is 23.1 Å². The summed E-state index contributed by atoms with van der Waals surface area (Å²) in [6.07, 6.45) is -0.0368. The Labute approximate surface area is 137 Å². The predicted octanol–water partition coefficient (Wildman–Crippen LogP) is 2.27. The van der Waals surface area contributed by atoms with Gasteiger partial charge in [-0.2, -0.15) is 0 Å². The van der Waals surface area contributed by atoms with Gasteiger partial charge in [0.1, 0.15) is 17.4 Å². The summed E-state index contributed by atoms with van der Waals surface area (Å²) in [6.45, 7) is -0.269. The van der Waals surface area contributed by atoms with Crippen molar-refractivity contribution in [1.82, 2.24) is 5.32 Å². The Bertz CT molecular complexity index is 750. The number of nitrogens with one attached hydrogen (secondary N) is 2. The molecule has 0 heterocycles. The van der Waals surface area contributed by atoms with Gasteiger partial charge in [0, 0.05) is 6.07 Å². The highest BCUT2D eigenvalue weighted by molar-refractivity contribution is 5.95. The average molecular weight is 334 g/mol. The molecule has 0 unspecified atom stereocenters. The number of anilines is 1. The Balaban J connectivity index is 1.86. The van der Waals surface area contributed by atoms with Crippen LogP contribution in [0.5, 0.6) is 5.75 Å². The van der Waals surface area contributed by atoms with Crippen LogP contribution in [-0.2, 0) is 16.0 Å². The summed E-state index contributed by atoms with van der Waals surface area (Å²) in [5.74, 6) is -1.65. The van der Waals surface area contributed by atoms with Crippen molar-refractivity contribution in [2.24, 2.45) is 0 Å². The van der Waals surface area contributed by atoms with Crippen LogP contribution >= 0.6 is 0 Å². The quantitative estimate of drug-likeness (QED) is 0.852. The number of methoxy groups -OCH3 is 1. The van der Waals surface area contributed by atoms with Crippen LogP contribution in [-0.4, -0.2) is 25.5 Å². The van der Waals surface area contributed by atoms with Crippen molar-refractivity contribution in [3.63, 3.8) is 0 Å². The summed E-state index contributed by atoms with van der Waals surface area (Å²) in [7, 11) is 1.35. The van der Waals surface area contributed by atoms with E-state index in [2.05, 4.69) is 10.6 Å². The molecule has 2 N–H and O–H groups in total. The summed E-state index contributed by atoms with van der Waals surface area (Å²) in [6, 6.07) is 9.34. The van der Waals surface area contributed by atoms with Crippen molar-refractivity contribution in [1.29, 1.82) is 0 Å². The lowest BCUT2D eigenvalue weighted by molar-refractivity contribution is -0.123. The van der Waals surface area contributed by atoms with E-state index in [1.54, 1.807) is 6.07 Å². The Morgan fingerprint density at radius 2 is 1.79 bits per heavy atom. The molecule has 0 saturated carbocycles. The molecular formula is C17H16F2N2O3. The molecule has 7 heteroatoms. The normalized spacial score (nSPS) is 10.1. The first-order valence-electron chi connectivity index (χ1n) is 7.12. The largest absolute Gasteiger partial charge is 0.494 e. The Kier molecular flexibility index (Phi) is 5.83. The molecule has 0 aliphatic rings. The van der Waals surface area contributed by atoms with Crippen LogP contribution < -0.4 is 15.4 Å². The van der Waals surface area contributed by atoms with E-state index in [0.717, 1.165) is 6.07 Å². The van der Waals surface area contributed by atoms with Gasteiger partial charge in [-0.1, -0.05) is 12.1 Å². The summed E-state index contributed by atoms with van der Waals surface area (Å²) >= 11 is 0. The molecule has 2 rings (SSSR count). The van der Waals surface area contributed by atoms with E-state index in [4.69, 9.17) is 4.74 Å². The number of ether oxygens (including phenoxy) is 1. The van der Waals surface area contributed by atoms with Crippen LogP contribution in [0, 0.1) is 11.6 Å². The molecule has 0 bridgehead atoms. The second-order valence-corrected chi connectivity index (χ2v) is 4.98. The Hall–Kier alpha value is -2.96. The molecule has 2 amide bonds. The van der Waals surface area contributed by atoms with Crippen LogP contribution in [0.25, 0.3) is 0 Å². The van der Waals surface area contributed by atoms with E-state index in [9.17, 15) is 18.4 Å². The molecule has 126 valence electrons. The monoisotopic (exact) mass is 334 g/mol. The molecule has 0 aliphatic heterocycles. The van der Waals surface area contributed by atoms with Gasteiger partial charge in [-0.05, 0) is 29.8 Å². The first-order chi connectivity index (χ1) is 11.5. The Morgan fingerprint density at radius 3 is 2.50 bits per heavy atom. The molecule has 0 atom stereocenters. The molecule has 0 aliphatic carbocycles. The number of hydrogen-bond acceptors (Lipinski definition) is 3. The molecule has 0 fully saturated rings. The zero-order valence-corrected chi connectivity index (χ0v) is 12.9. The fraction of sp³-hybridized carbons (Fsp3) is 0.176.